The number of phenols is 1. The van der Waals surface area contributed by atoms with Crippen LogP contribution in [0, 0.1) is 25.6 Å². The molecule has 0 spiro atoms. The number of fused-ring (bicyclic) bond motifs is 1. The number of amides is 1. The molecule has 0 bridgehead atoms. The second-order valence-electron chi connectivity index (χ2n) is 9.36. The fraction of sp³-hybridized carbons (Fsp3) is 0.296. The van der Waals surface area contributed by atoms with Crippen LogP contribution in [0.25, 0.3) is 16.9 Å². The van der Waals surface area contributed by atoms with E-state index in [9.17, 15) is 14.3 Å². The number of nitrogens with zero attached hydrogens (tertiary/aromatic N) is 4. The van der Waals surface area contributed by atoms with Crippen LogP contribution in [0.5, 0.6) is 5.75 Å². The molecular formula is C27H29FN6O2. The molecule has 0 atom stereocenters. The lowest BCUT2D eigenvalue weighted by molar-refractivity contribution is 0.0692. The van der Waals surface area contributed by atoms with Crippen LogP contribution >= 0.6 is 0 Å². The van der Waals surface area contributed by atoms with Crippen molar-refractivity contribution in [1.29, 1.82) is 0 Å². The number of aryl methyl sites for hydroxylation is 2. The molecule has 3 heterocycles. The maximum atomic E-state index is 14.6. The van der Waals surface area contributed by atoms with Gasteiger partial charge in [0, 0.05) is 48.4 Å². The molecular weight excluding hydrogens is 459 g/mol. The van der Waals surface area contributed by atoms with E-state index in [1.807, 2.05) is 30.0 Å². The van der Waals surface area contributed by atoms with Crippen LogP contribution in [0.3, 0.4) is 0 Å². The predicted molar refractivity (Wildman–Crippen MR) is 137 cm³/mol. The first kappa shape index (κ1) is 23.7. The Morgan fingerprint density at radius 3 is 2.67 bits per heavy atom. The Balaban J connectivity index is 1.39. The number of phenolic OH excluding ortho intramolecular Hbond substituents is 1. The molecule has 0 unspecified atom stereocenters. The number of piperidine rings is 1. The van der Waals surface area contributed by atoms with Gasteiger partial charge in [-0.1, -0.05) is 0 Å². The summed E-state index contributed by atoms with van der Waals surface area (Å²) < 4.78 is 16.4. The van der Waals surface area contributed by atoms with Crippen molar-refractivity contribution in [3.05, 3.63) is 71.4 Å². The van der Waals surface area contributed by atoms with Crippen molar-refractivity contribution in [2.24, 2.45) is 11.7 Å². The van der Waals surface area contributed by atoms with Gasteiger partial charge < -0.3 is 21.1 Å². The topological polar surface area (TPSA) is 109 Å². The summed E-state index contributed by atoms with van der Waals surface area (Å²) in [6.45, 7) is 5.77. The van der Waals surface area contributed by atoms with E-state index >= 15 is 0 Å². The zero-order valence-electron chi connectivity index (χ0n) is 20.3. The van der Waals surface area contributed by atoms with Gasteiger partial charge >= 0.3 is 0 Å². The minimum atomic E-state index is -0.533. The normalized spacial score (nSPS) is 14.4. The average Bonchev–Trinajstić information content (AvgIpc) is 3.31. The zero-order chi connectivity index (χ0) is 25.4. The Bertz CT molecular complexity index is 1440. The summed E-state index contributed by atoms with van der Waals surface area (Å²) >= 11 is 0. The third kappa shape index (κ3) is 4.37. The van der Waals surface area contributed by atoms with Gasteiger partial charge in [0.25, 0.3) is 5.91 Å². The summed E-state index contributed by atoms with van der Waals surface area (Å²) in [5, 5.41) is 13.1. The number of carbonyl (C=O) groups excluding carboxylic acids is 1. The number of halogens is 1. The van der Waals surface area contributed by atoms with Crippen LogP contribution in [0.2, 0.25) is 0 Å². The number of anilines is 2. The molecule has 4 N–H and O–H groups in total. The molecule has 4 aromatic rings. The predicted octanol–water partition coefficient (Wildman–Crippen LogP) is 4.41. The Hall–Kier alpha value is -3.98. The Kier molecular flexibility index (Phi) is 6.32. The van der Waals surface area contributed by atoms with E-state index in [4.69, 9.17) is 5.73 Å². The lowest BCUT2D eigenvalue weighted by Crippen LogP contribution is -2.40. The SMILES string of the molecule is Cc1cc(-c2cnc3c(Nc4ccc(C(=O)N5CCC(CN)CC5)c(C)c4)nccn23)c(F)cc1O. The third-order valence-corrected chi connectivity index (χ3v) is 6.94. The van der Waals surface area contributed by atoms with E-state index in [0.29, 0.717) is 46.3 Å². The molecule has 1 fully saturated rings. The molecule has 2 aromatic heterocycles. The van der Waals surface area contributed by atoms with E-state index in [-0.39, 0.29) is 11.7 Å². The summed E-state index contributed by atoms with van der Waals surface area (Å²) in [6.07, 6.45) is 6.79. The largest absolute Gasteiger partial charge is 0.508 e. The second-order valence-corrected chi connectivity index (χ2v) is 9.36. The van der Waals surface area contributed by atoms with Crippen LogP contribution in [-0.2, 0) is 0 Å². The van der Waals surface area contributed by atoms with E-state index in [1.54, 1.807) is 36.0 Å². The highest BCUT2D eigenvalue weighted by Crippen LogP contribution is 2.31. The Morgan fingerprint density at radius 2 is 1.94 bits per heavy atom. The number of carbonyl (C=O) groups is 1. The van der Waals surface area contributed by atoms with E-state index in [0.717, 1.165) is 43.2 Å². The fourth-order valence-corrected chi connectivity index (χ4v) is 4.73. The van der Waals surface area contributed by atoms with Crippen LogP contribution in [0.1, 0.15) is 34.3 Å². The van der Waals surface area contributed by atoms with Gasteiger partial charge in [-0.15, -0.1) is 0 Å². The van der Waals surface area contributed by atoms with Gasteiger partial charge in [0.1, 0.15) is 11.6 Å². The highest BCUT2D eigenvalue weighted by atomic mass is 19.1. The van der Waals surface area contributed by atoms with E-state index in [2.05, 4.69) is 15.3 Å². The lowest BCUT2D eigenvalue weighted by atomic mass is 9.96. The van der Waals surface area contributed by atoms with Gasteiger partial charge in [-0.2, -0.15) is 0 Å². The fourth-order valence-electron chi connectivity index (χ4n) is 4.73. The zero-order valence-corrected chi connectivity index (χ0v) is 20.3. The van der Waals surface area contributed by atoms with Crippen molar-refractivity contribution in [3.63, 3.8) is 0 Å². The molecule has 186 valence electrons. The highest BCUT2D eigenvalue weighted by molar-refractivity contribution is 5.96. The minimum Gasteiger partial charge on any atom is -0.508 e. The molecule has 8 nitrogen and oxygen atoms in total. The van der Waals surface area contributed by atoms with Crippen LogP contribution < -0.4 is 11.1 Å². The first-order valence-electron chi connectivity index (χ1n) is 12.0. The number of aromatic hydroxyl groups is 1. The molecule has 2 aromatic carbocycles. The van der Waals surface area contributed by atoms with Gasteiger partial charge in [-0.3, -0.25) is 9.20 Å². The standard InChI is InChI=1S/C27H29FN6O2/c1-16-11-19(3-4-20(16)27(36)33-8-5-18(14-29)6-9-33)32-25-26-31-15-23(34(26)10-7-30-25)21-12-17(2)24(35)13-22(21)28/h3-4,7,10-13,15,18,35H,5-6,8-9,14,29H2,1-2H3,(H,30,32). The number of likely N-dealkylation sites (tertiary alicyclic amines) is 1. The number of hydrogen-bond donors (Lipinski definition) is 3. The molecule has 5 rings (SSSR count). The van der Waals surface area contributed by atoms with Gasteiger partial charge in [0.15, 0.2) is 11.5 Å². The van der Waals surface area contributed by atoms with Gasteiger partial charge in [-0.05, 0) is 74.5 Å². The van der Waals surface area contributed by atoms with Crippen molar-refractivity contribution in [3.8, 4) is 17.0 Å². The number of benzene rings is 2. The van der Waals surface area contributed by atoms with Crippen LogP contribution in [0.4, 0.5) is 15.9 Å². The summed E-state index contributed by atoms with van der Waals surface area (Å²) in [5.74, 6) is 0.413. The van der Waals surface area contributed by atoms with Gasteiger partial charge in [0.05, 0.1) is 11.9 Å². The maximum Gasteiger partial charge on any atom is 0.254 e. The molecule has 0 radical (unpaired) electrons. The quantitative estimate of drug-likeness (QED) is 0.384. The number of nitrogens with two attached hydrogens (primary N) is 1. The summed E-state index contributed by atoms with van der Waals surface area (Å²) in [4.78, 5) is 23.9. The molecule has 0 saturated carbocycles. The minimum absolute atomic E-state index is 0.0406. The number of imidazole rings is 1. The van der Waals surface area contributed by atoms with Crippen molar-refractivity contribution in [2.75, 3.05) is 25.0 Å². The number of aromatic nitrogens is 3. The Labute approximate surface area is 208 Å². The first-order valence-corrected chi connectivity index (χ1v) is 12.0. The molecule has 0 aliphatic carbocycles. The Morgan fingerprint density at radius 1 is 1.17 bits per heavy atom. The van der Waals surface area contributed by atoms with Gasteiger partial charge in [-0.25, -0.2) is 14.4 Å². The van der Waals surface area contributed by atoms with E-state index in [1.165, 1.54) is 0 Å². The van der Waals surface area contributed by atoms with Crippen LogP contribution in [0.15, 0.2) is 48.9 Å². The molecule has 1 aliphatic rings. The second kappa shape index (κ2) is 9.58. The summed E-state index contributed by atoms with van der Waals surface area (Å²) in [7, 11) is 0. The summed E-state index contributed by atoms with van der Waals surface area (Å²) in [6, 6.07) is 8.30. The first-order chi connectivity index (χ1) is 17.4. The van der Waals surface area contributed by atoms with Crippen molar-refractivity contribution in [1.82, 2.24) is 19.3 Å². The smallest absolute Gasteiger partial charge is 0.254 e. The third-order valence-electron chi connectivity index (χ3n) is 6.94. The molecule has 9 heteroatoms. The lowest BCUT2D eigenvalue weighted by Gasteiger charge is -2.31. The van der Waals surface area contributed by atoms with Crippen molar-refractivity contribution < 1.29 is 14.3 Å². The van der Waals surface area contributed by atoms with E-state index < -0.39 is 5.82 Å². The summed E-state index contributed by atoms with van der Waals surface area (Å²) in [5.41, 5.74) is 10.1. The average molecular weight is 489 g/mol. The number of nitrogens with one attached hydrogen (secondary N) is 1. The molecule has 36 heavy (non-hydrogen) atoms. The number of rotatable bonds is 5. The molecule has 1 aliphatic heterocycles. The molecule has 1 amide bonds. The van der Waals surface area contributed by atoms with Crippen LogP contribution in [-0.4, -0.2) is 49.9 Å². The highest BCUT2D eigenvalue weighted by Gasteiger charge is 2.24. The number of hydrogen-bond acceptors (Lipinski definition) is 6. The monoisotopic (exact) mass is 488 g/mol. The van der Waals surface area contributed by atoms with Crippen molar-refractivity contribution >= 4 is 23.1 Å². The van der Waals surface area contributed by atoms with Gasteiger partial charge in [0.2, 0.25) is 0 Å². The maximum absolute atomic E-state index is 14.6. The van der Waals surface area contributed by atoms with Crippen molar-refractivity contribution in [2.45, 2.75) is 26.7 Å². The molecule has 1 saturated heterocycles.